The van der Waals surface area contributed by atoms with Gasteiger partial charge in [-0.2, -0.15) is 5.10 Å². The number of rotatable bonds is 2. The van der Waals surface area contributed by atoms with Gasteiger partial charge >= 0.3 is 0 Å². The molecule has 2 N–H and O–H groups in total. The highest BCUT2D eigenvalue weighted by atomic mass is 79.9. The second kappa shape index (κ2) is 4.47. The maximum atomic E-state index is 5.88. The zero-order chi connectivity index (χ0) is 13.6. The smallest absolute Gasteiger partial charge is 0.177 e. The van der Waals surface area contributed by atoms with Crippen molar-refractivity contribution < 1.29 is 0 Å². The zero-order valence-electron chi connectivity index (χ0n) is 10.8. The first-order valence-corrected chi connectivity index (χ1v) is 6.81. The van der Waals surface area contributed by atoms with Gasteiger partial charge in [0.1, 0.15) is 5.65 Å². The Hall–Kier alpha value is -1.66. The van der Waals surface area contributed by atoms with E-state index < -0.39 is 0 Å². The molecule has 3 heterocycles. The first kappa shape index (κ1) is 12.4. The molecule has 0 aliphatic rings. The van der Waals surface area contributed by atoms with Crippen LogP contribution in [0.5, 0.6) is 0 Å². The molecule has 0 spiro atoms. The third-order valence-corrected chi connectivity index (χ3v) is 4.35. The Balaban J connectivity index is 2.33. The van der Waals surface area contributed by atoms with E-state index in [9.17, 15) is 0 Å². The third kappa shape index (κ3) is 1.79. The lowest BCUT2D eigenvalue weighted by atomic mass is 10.4. The van der Waals surface area contributed by atoms with Crippen molar-refractivity contribution in [1.82, 2.24) is 19.2 Å². The van der Waals surface area contributed by atoms with Crippen molar-refractivity contribution in [3.63, 3.8) is 0 Å². The summed E-state index contributed by atoms with van der Waals surface area (Å²) >= 11 is 3.54. The highest BCUT2D eigenvalue weighted by Gasteiger charge is 2.17. The number of hydrogen-bond donors (Lipinski definition) is 1. The molecule has 0 aromatic carbocycles. The Morgan fingerprint density at radius 2 is 2.11 bits per heavy atom. The second-order valence-corrected chi connectivity index (χ2v) is 5.20. The van der Waals surface area contributed by atoms with Gasteiger partial charge in [-0.1, -0.05) is 6.07 Å². The molecular formula is C13H14BrN5. The molecule has 6 heteroatoms. The number of halogens is 1. The van der Waals surface area contributed by atoms with Crippen molar-refractivity contribution in [2.75, 3.05) is 0 Å². The number of aromatic nitrogens is 4. The number of pyridine rings is 1. The van der Waals surface area contributed by atoms with E-state index in [1.165, 1.54) is 0 Å². The van der Waals surface area contributed by atoms with Gasteiger partial charge in [-0.25, -0.2) is 9.67 Å². The molecule has 3 aromatic heterocycles. The molecule has 0 aliphatic carbocycles. The Kier molecular flexibility index (Phi) is 2.91. The third-order valence-electron chi connectivity index (χ3n) is 3.20. The van der Waals surface area contributed by atoms with Crippen LogP contribution in [0.2, 0.25) is 0 Å². The van der Waals surface area contributed by atoms with E-state index in [2.05, 4.69) is 26.0 Å². The summed E-state index contributed by atoms with van der Waals surface area (Å²) in [5.41, 5.74) is 9.67. The average molecular weight is 320 g/mol. The molecule has 0 atom stereocenters. The van der Waals surface area contributed by atoms with Crippen molar-refractivity contribution in [2.45, 2.75) is 20.4 Å². The Bertz CT molecular complexity index is 756. The molecule has 0 saturated heterocycles. The fourth-order valence-corrected chi connectivity index (χ4v) is 2.47. The van der Waals surface area contributed by atoms with Gasteiger partial charge in [-0.3, -0.25) is 0 Å². The van der Waals surface area contributed by atoms with Crippen molar-refractivity contribution in [1.29, 1.82) is 0 Å². The van der Waals surface area contributed by atoms with E-state index in [1.807, 2.05) is 47.3 Å². The lowest BCUT2D eigenvalue weighted by Crippen LogP contribution is -2.08. The summed E-state index contributed by atoms with van der Waals surface area (Å²) in [4.78, 5) is 4.63. The maximum Gasteiger partial charge on any atom is 0.177 e. The first-order valence-electron chi connectivity index (χ1n) is 6.01. The van der Waals surface area contributed by atoms with Crippen LogP contribution in [0, 0.1) is 13.8 Å². The predicted octanol–water partition coefficient (Wildman–Crippen LogP) is 2.36. The van der Waals surface area contributed by atoms with Gasteiger partial charge in [0, 0.05) is 12.7 Å². The van der Waals surface area contributed by atoms with E-state index >= 15 is 0 Å². The van der Waals surface area contributed by atoms with Crippen molar-refractivity contribution in [3.8, 4) is 5.82 Å². The van der Waals surface area contributed by atoms with Crippen LogP contribution in [0.15, 0.2) is 28.9 Å². The Labute approximate surface area is 119 Å². The Morgan fingerprint density at radius 3 is 2.74 bits per heavy atom. The van der Waals surface area contributed by atoms with Gasteiger partial charge in [-0.05, 0) is 41.9 Å². The molecule has 3 rings (SSSR count). The largest absolute Gasteiger partial charge is 0.325 e. The number of imidazole rings is 1. The molecule has 3 aromatic rings. The molecular weight excluding hydrogens is 306 g/mol. The van der Waals surface area contributed by atoms with Gasteiger partial charge < -0.3 is 10.1 Å². The minimum absolute atomic E-state index is 0.413. The molecule has 0 radical (unpaired) electrons. The van der Waals surface area contributed by atoms with E-state index in [1.54, 1.807) is 0 Å². The van der Waals surface area contributed by atoms with E-state index in [0.717, 1.165) is 33.0 Å². The Morgan fingerprint density at radius 1 is 1.32 bits per heavy atom. The number of nitrogens with two attached hydrogens (primary N) is 1. The normalized spacial score (nSPS) is 11.4. The van der Waals surface area contributed by atoms with Gasteiger partial charge in [0.2, 0.25) is 0 Å². The number of fused-ring (bicyclic) bond motifs is 1. The summed E-state index contributed by atoms with van der Waals surface area (Å²) < 4.78 is 4.85. The molecule has 0 unspecified atom stereocenters. The molecule has 0 fully saturated rings. The summed E-state index contributed by atoms with van der Waals surface area (Å²) in [5.74, 6) is 0.792. The molecule has 0 saturated carbocycles. The lowest BCUT2D eigenvalue weighted by molar-refractivity contribution is 0.791. The summed E-state index contributed by atoms with van der Waals surface area (Å²) in [5, 5.41) is 4.52. The topological polar surface area (TPSA) is 61.1 Å². The van der Waals surface area contributed by atoms with Crippen LogP contribution in [0.4, 0.5) is 0 Å². The van der Waals surface area contributed by atoms with Crippen LogP contribution < -0.4 is 5.73 Å². The monoisotopic (exact) mass is 319 g/mol. The molecule has 98 valence electrons. The average Bonchev–Trinajstić information content (AvgIpc) is 2.91. The fourth-order valence-electron chi connectivity index (χ4n) is 2.22. The minimum atomic E-state index is 0.413. The SMILES string of the molecule is Cc1nn(-c2nc3ccccn3c2CN)c(C)c1Br. The maximum absolute atomic E-state index is 5.88. The summed E-state index contributed by atoms with van der Waals surface area (Å²) in [6.07, 6.45) is 1.97. The summed E-state index contributed by atoms with van der Waals surface area (Å²) in [6.45, 7) is 4.39. The standard InChI is InChI=1S/C13H14BrN5/c1-8-12(14)9(2)19(17-8)13-10(7-15)18-6-4-3-5-11(18)16-13/h3-6H,7,15H2,1-2H3. The lowest BCUT2D eigenvalue weighted by Gasteiger charge is -2.03. The van der Waals surface area contributed by atoms with Gasteiger partial charge in [0.05, 0.1) is 21.6 Å². The van der Waals surface area contributed by atoms with Crippen molar-refractivity contribution in [2.24, 2.45) is 5.73 Å². The molecule has 0 aliphatic heterocycles. The molecule has 0 bridgehead atoms. The van der Waals surface area contributed by atoms with Crippen LogP contribution in [0.1, 0.15) is 17.1 Å². The van der Waals surface area contributed by atoms with Crippen LogP contribution in [-0.2, 0) is 6.54 Å². The highest BCUT2D eigenvalue weighted by Crippen LogP contribution is 2.24. The molecule has 5 nitrogen and oxygen atoms in total. The van der Waals surface area contributed by atoms with Gasteiger partial charge in [0.15, 0.2) is 5.82 Å². The first-order chi connectivity index (χ1) is 9.13. The molecule has 0 amide bonds. The quantitative estimate of drug-likeness (QED) is 0.788. The van der Waals surface area contributed by atoms with E-state index in [4.69, 9.17) is 5.73 Å². The molecule has 19 heavy (non-hydrogen) atoms. The van der Waals surface area contributed by atoms with Crippen molar-refractivity contribution >= 4 is 21.6 Å². The summed E-state index contributed by atoms with van der Waals surface area (Å²) in [6, 6.07) is 5.89. The van der Waals surface area contributed by atoms with Gasteiger partial charge in [0.25, 0.3) is 0 Å². The van der Waals surface area contributed by atoms with E-state index in [-0.39, 0.29) is 0 Å². The second-order valence-electron chi connectivity index (χ2n) is 4.41. The predicted molar refractivity (Wildman–Crippen MR) is 77.4 cm³/mol. The number of aryl methyl sites for hydroxylation is 1. The highest BCUT2D eigenvalue weighted by molar-refractivity contribution is 9.10. The van der Waals surface area contributed by atoms with E-state index in [0.29, 0.717) is 6.54 Å². The van der Waals surface area contributed by atoms with Crippen LogP contribution in [0.25, 0.3) is 11.5 Å². The minimum Gasteiger partial charge on any atom is -0.325 e. The fraction of sp³-hybridized carbons (Fsp3) is 0.231. The van der Waals surface area contributed by atoms with Crippen LogP contribution in [0.3, 0.4) is 0 Å². The van der Waals surface area contributed by atoms with Crippen LogP contribution in [-0.4, -0.2) is 19.2 Å². The van der Waals surface area contributed by atoms with Gasteiger partial charge in [-0.15, -0.1) is 0 Å². The zero-order valence-corrected chi connectivity index (χ0v) is 12.3. The summed E-state index contributed by atoms with van der Waals surface area (Å²) in [7, 11) is 0. The van der Waals surface area contributed by atoms with Crippen molar-refractivity contribution in [3.05, 3.63) is 46.0 Å². The van der Waals surface area contributed by atoms with Crippen LogP contribution >= 0.6 is 15.9 Å². The number of hydrogen-bond acceptors (Lipinski definition) is 3. The number of nitrogens with zero attached hydrogens (tertiary/aromatic N) is 4.